The number of ether oxygens (including phenoxy) is 3. The topological polar surface area (TPSA) is 84.4 Å². The molecule has 136 valence electrons. The molecule has 0 atom stereocenters. The van der Waals surface area contributed by atoms with Crippen LogP contribution in [0.1, 0.15) is 6.92 Å². The van der Waals surface area contributed by atoms with Crippen molar-refractivity contribution in [3.63, 3.8) is 0 Å². The van der Waals surface area contributed by atoms with E-state index in [4.69, 9.17) is 19.9 Å². The standard InChI is InChI=1S/C19H22N4O3/c1-3-25-11-12-26-19-21-18(14-5-4-6-17(13-14)24-2)23(22-19)16-9-7-15(20)8-10-16/h4-10,13H,3,11-12,20H2,1-2H3. The van der Waals surface area contributed by atoms with E-state index >= 15 is 0 Å². The van der Waals surface area contributed by atoms with Crippen LogP contribution in [-0.2, 0) is 4.74 Å². The molecule has 1 aromatic heterocycles. The Morgan fingerprint density at radius 1 is 1.08 bits per heavy atom. The number of benzene rings is 2. The SMILES string of the molecule is CCOCCOc1nc(-c2cccc(OC)c2)n(-c2ccc(N)cc2)n1. The van der Waals surface area contributed by atoms with Crippen LogP contribution in [0, 0.1) is 0 Å². The van der Waals surface area contributed by atoms with E-state index in [1.54, 1.807) is 11.8 Å². The summed E-state index contributed by atoms with van der Waals surface area (Å²) in [7, 11) is 1.63. The first-order valence-electron chi connectivity index (χ1n) is 8.39. The second-order valence-electron chi connectivity index (χ2n) is 5.50. The minimum Gasteiger partial charge on any atom is -0.497 e. The number of methoxy groups -OCH3 is 1. The average Bonchev–Trinajstić information content (AvgIpc) is 3.10. The Morgan fingerprint density at radius 2 is 1.88 bits per heavy atom. The van der Waals surface area contributed by atoms with Crippen molar-refractivity contribution >= 4 is 5.69 Å². The lowest BCUT2D eigenvalue weighted by atomic mass is 10.2. The summed E-state index contributed by atoms with van der Waals surface area (Å²) in [6.07, 6.45) is 0. The number of nitrogens with two attached hydrogens (primary N) is 1. The van der Waals surface area contributed by atoms with Crippen molar-refractivity contribution in [1.82, 2.24) is 14.8 Å². The fraction of sp³-hybridized carbons (Fsp3) is 0.263. The Balaban J connectivity index is 1.96. The van der Waals surface area contributed by atoms with E-state index in [0.29, 0.717) is 37.3 Å². The van der Waals surface area contributed by atoms with Crippen molar-refractivity contribution in [2.75, 3.05) is 32.7 Å². The van der Waals surface area contributed by atoms with Crippen LogP contribution >= 0.6 is 0 Å². The third-order valence-electron chi connectivity index (χ3n) is 3.72. The van der Waals surface area contributed by atoms with Crippen LogP contribution in [0.15, 0.2) is 48.5 Å². The Morgan fingerprint density at radius 3 is 2.62 bits per heavy atom. The maximum Gasteiger partial charge on any atom is 0.336 e. The van der Waals surface area contributed by atoms with Gasteiger partial charge >= 0.3 is 6.01 Å². The van der Waals surface area contributed by atoms with Crippen LogP contribution in [0.25, 0.3) is 17.1 Å². The minimum absolute atomic E-state index is 0.291. The van der Waals surface area contributed by atoms with E-state index < -0.39 is 0 Å². The van der Waals surface area contributed by atoms with Gasteiger partial charge in [0, 0.05) is 17.9 Å². The van der Waals surface area contributed by atoms with Crippen LogP contribution in [0.2, 0.25) is 0 Å². The van der Waals surface area contributed by atoms with E-state index in [2.05, 4.69) is 10.1 Å². The van der Waals surface area contributed by atoms with Crippen molar-refractivity contribution < 1.29 is 14.2 Å². The second-order valence-corrected chi connectivity index (χ2v) is 5.50. The molecule has 0 aliphatic rings. The molecule has 3 aromatic rings. The minimum atomic E-state index is 0.291. The summed E-state index contributed by atoms with van der Waals surface area (Å²) in [4.78, 5) is 4.54. The van der Waals surface area contributed by atoms with Crippen LogP contribution in [0.4, 0.5) is 5.69 Å². The van der Waals surface area contributed by atoms with E-state index in [9.17, 15) is 0 Å². The lowest BCUT2D eigenvalue weighted by Gasteiger charge is -2.07. The molecule has 1 heterocycles. The molecule has 0 aliphatic carbocycles. The molecule has 0 saturated carbocycles. The predicted molar refractivity (Wildman–Crippen MR) is 99.7 cm³/mol. The number of rotatable bonds is 8. The molecule has 0 bridgehead atoms. The van der Waals surface area contributed by atoms with Gasteiger partial charge in [0.25, 0.3) is 0 Å². The highest BCUT2D eigenvalue weighted by Gasteiger charge is 2.15. The molecule has 7 nitrogen and oxygen atoms in total. The molecule has 0 saturated heterocycles. The lowest BCUT2D eigenvalue weighted by Crippen LogP contribution is -2.07. The summed E-state index contributed by atoms with van der Waals surface area (Å²) in [5, 5.41) is 4.49. The zero-order chi connectivity index (χ0) is 18.4. The smallest absolute Gasteiger partial charge is 0.336 e. The highest BCUT2D eigenvalue weighted by atomic mass is 16.5. The molecule has 2 aromatic carbocycles. The van der Waals surface area contributed by atoms with Crippen molar-refractivity contribution in [1.29, 1.82) is 0 Å². The van der Waals surface area contributed by atoms with Gasteiger partial charge in [0.2, 0.25) is 0 Å². The summed E-state index contributed by atoms with van der Waals surface area (Å²) in [5.74, 6) is 1.40. The Kier molecular flexibility index (Phi) is 5.70. The molecule has 26 heavy (non-hydrogen) atoms. The maximum atomic E-state index is 5.79. The van der Waals surface area contributed by atoms with Crippen molar-refractivity contribution in [2.24, 2.45) is 0 Å². The van der Waals surface area contributed by atoms with Gasteiger partial charge in [0.05, 0.1) is 19.4 Å². The Labute approximate surface area is 152 Å². The largest absolute Gasteiger partial charge is 0.497 e. The third-order valence-corrected chi connectivity index (χ3v) is 3.72. The lowest BCUT2D eigenvalue weighted by molar-refractivity contribution is 0.106. The van der Waals surface area contributed by atoms with Crippen LogP contribution in [0.5, 0.6) is 11.8 Å². The fourth-order valence-electron chi connectivity index (χ4n) is 2.44. The van der Waals surface area contributed by atoms with Gasteiger partial charge in [-0.2, -0.15) is 4.98 Å². The molecule has 0 amide bonds. The third kappa shape index (κ3) is 4.12. The maximum absolute atomic E-state index is 5.79. The molecule has 2 N–H and O–H groups in total. The molecule has 0 radical (unpaired) electrons. The van der Waals surface area contributed by atoms with Gasteiger partial charge in [0.1, 0.15) is 12.4 Å². The molecule has 0 aliphatic heterocycles. The number of nitrogen functional groups attached to an aromatic ring is 1. The number of aromatic nitrogens is 3. The monoisotopic (exact) mass is 354 g/mol. The zero-order valence-electron chi connectivity index (χ0n) is 14.9. The van der Waals surface area contributed by atoms with Gasteiger partial charge in [-0.05, 0) is 43.3 Å². The molecule has 0 spiro atoms. The van der Waals surface area contributed by atoms with E-state index in [1.807, 2.05) is 55.5 Å². The molecular weight excluding hydrogens is 332 g/mol. The van der Waals surface area contributed by atoms with E-state index in [0.717, 1.165) is 17.0 Å². The quantitative estimate of drug-likeness (QED) is 0.494. The van der Waals surface area contributed by atoms with Gasteiger partial charge in [-0.3, -0.25) is 0 Å². The highest BCUT2D eigenvalue weighted by molar-refractivity contribution is 5.61. The number of hydrogen-bond acceptors (Lipinski definition) is 6. The average molecular weight is 354 g/mol. The van der Waals surface area contributed by atoms with Crippen LogP contribution in [0.3, 0.4) is 0 Å². The number of anilines is 1. The number of hydrogen-bond donors (Lipinski definition) is 1. The summed E-state index contributed by atoms with van der Waals surface area (Å²) in [5.41, 5.74) is 8.18. The van der Waals surface area contributed by atoms with Gasteiger partial charge < -0.3 is 19.9 Å². The summed E-state index contributed by atoms with van der Waals surface area (Å²) in [6, 6.07) is 15.4. The van der Waals surface area contributed by atoms with Crippen molar-refractivity contribution in [2.45, 2.75) is 6.92 Å². The first-order chi connectivity index (χ1) is 12.7. The van der Waals surface area contributed by atoms with Crippen LogP contribution in [-0.4, -0.2) is 41.7 Å². The van der Waals surface area contributed by atoms with Crippen molar-refractivity contribution in [3.05, 3.63) is 48.5 Å². The number of nitrogens with zero attached hydrogens (tertiary/aromatic N) is 3. The van der Waals surface area contributed by atoms with Gasteiger partial charge in [-0.15, -0.1) is 5.10 Å². The zero-order valence-corrected chi connectivity index (χ0v) is 14.9. The summed E-state index contributed by atoms with van der Waals surface area (Å²) >= 11 is 0. The Bertz CT molecular complexity index is 846. The normalized spacial score (nSPS) is 10.7. The van der Waals surface area contributed by atoms with Gasteiger partial charge in [-0.1, -0.05) is 12.1 Å². The second kappa shape index (κ2) is 8.35. The van der Waals surface area contributed by atoms with Crippen LogP contribution < -0.4 is 15.2 Å². The highest BCUT2D eigenvalue weighted by Crippen LogP contribution is 2.26. The molecule has 3 rings (SSSR count). The first kappa shape index (κ1) is 17.8. The molecule has 7 heteroatoms. The molecule has 0 fully saturated rings. The van der Waals surface area contributed by atoms with Crippen molar-refractivity contribution in [3.8, 4) is 28.8 Å². The summed E-state index contributed by atoms with van der Waals surface area (Å²) < 4.78 is 18.0. The van der Waals surface area contributed by atoms with Gasteiger partial charge in [-0.25, -0.2) is 4.68 Å². The molecular formula is C19H22N4O3. The van der Waals surface area contributed by atoms with E-state index in [1.165, 1.54) is 0 Å². The first-order valence-corrected chi connectivity index (χ1v) is 8.39. The Hall–Kier alpha value is -3.06. The molecule has 0 unspecified atom stereocenters. The van der Waals surface area contributed by atoms with Gasteiger partial charge in [0.15, 0.2) is 5.82 Å². The summed E-state index contributed by atoms with van der Waals surface area (Å²) in [6.45, 7) is 3.46. The fourth-order valence-corrected chi connectivity index (χ4v) is 2.44. The van der Waals surface area contributed by atoms with E-state index in [-0.39, 0.29) is 0 Å². The predicted octanol–water partition coefficient (Wildman–Crippen LogP) is 2.94.